The van der Waals surface area contributed by atoms with Crippen LogP contribution in [0.5, 0.6) is 0 Å². The van der Waals surface area contributed by atoms with Gasteiger partial charge >= 0.3 is 0 Å². The van der Waals surface area contributed by atoms with Crippen LogP contribution < -0.4 is 10.2 Å². The van der Waals surface area contributed by atoms with Crippen molar-refractivity contribution < 1.29 is 17.8 Å². The van der Waals surface area contributed by atoms with Crippen molar-refractivity contribution in [3.8, 4) is 0 Å². The van der Waals surface area contributed by atoms with Gasteiger partial charge in [0.15, 0.2) is 0 Å². The average molecular weight is 515 g/mol. The summed E-state index contributed by atoms with van der Waals surface area (Å²) in [6.07, 6.45) is 1.14. The van der Waals surface area contributed by atoms with Crippen molar-refractivity contribution in [1.82, 2.24) is 4.98 Å². The number of halogens is 3. The number of alkyl halides is 2. The van der Waals surface area contributed by atoms with Gasteiger partial charge in [-0.25, -0.2) is 22.8 Å². The van der Waals surface area contributed by atoms with Gasteiger partial charge < -0.3 is 10.2 Å². The van der Waals surface area contributed by atoms with Crippen molar-refractivity contribution in [1.29, 1.82) is 4.78 Å². The molecule has 0 radical (unpaired) electrons. The van der Waals surface area contributed by atoms with Gasteiger partial charge in [-0.2, -0.15) is 0 Å². The molecule has 1 aromatic carbocycles. The highest BCUT2D eigenvalue weighted by atomic mass is 79.9. The normalized spacial score (nSPS) is 18.2. The smallest absolute Gasteiger partial charge is 0.259 e. The molecular weight excluding hydrogens is 490 g/mol. The van der Waals surface area contributed by atoms with Crippen LogP contribution >= 0.6 is 15.9 Å². The van der Waals surface area contributed by atoms with Gasteiger partial charge in [-0.3, -0.25) is 4.79 Å². The summed E-state index contributed by atoms with van der Waals surface area (Å²) in [5.74, 6) is -2.79. The van der Waals surface area contributed by atoms with E-state index in [9.17, 15) is 17.8 Å². The first-order valence-electron chi connectivity index (χ1n) is 9.84. The molecule has 1 atom stereocenters. The number of hydrogen-bond donors (Lipinski definition) is 2. The second-order valence-electron chi connectivity index (χ2n) is 7.86. The fourth-order valence-corrected chi connectivity index (χ4v) is 4.58. The minimum absolute atomic E-state index is 0.104. The summed E-state index contributed by atoms with van der Waals surface area (Å²) < 4.78 is 48.2. The van der Waals surface area contributed by atoms with E-state index < -0.39 is 21.6 Å². The Morgan fingerprint density at radius 2 is 2.00 bits per heavy atom. The number of carbonyl (C=O) groups is 1. The number of benzene rings is 1. The summed E-state index contributed by atoms with van der Waals surface area (Å²) in [6, 6.07) is 6.34. The Morgan fingerprint density at radius 3 is 2.68 bits per heavy atom. The Morgan fingerprint density at radius 1 is 1.29 bits per heavy atom. The molecule has 168 valence electrons. The summed E-state index contributed by atoms with van der Waals surface area (Å²) >= 11 is 3.47. The van der Waals surface area contributed by atoms with Crippen LogP contribution in [0.3, 0.4) is 0 Å². The van der Waals surface area contributed by atoms with Gasteiger partial charge in [0, 0.05) is 47.2 Å². The van der Waals surface area contributed by atoms with Crippen molar-refractivity contribution in [3.63, 3.8) is 0 Å². The van der Waals surface area contributed by atoms with Crippen molar-refractivity contribution in [2.45, 2.75) is 43.9 Å². The van der Waals surface area contributed by atoms with Gasteiger partial charge in [0.05, 0.1) is 21.0 Å². The maximum atomic E-state index is 13.9. The summed E-state index contributed by atoms with van der Waals surface area (Å²) in [6.45, 7) is 4.07. The highest BCUT2D eigenvalue weighted by Crippen LogP contribution is 2.34. The zero-order valence-corrected chi connectivity index (χ0v) is 20.0. The van der Waals surface area contributed by atoms with Crippen LogP contribution in [-0.4, -0.2) is 40.4 Å². The minimum Gasteiger partial charge on any atom is -0.356 e. The van der Waals surface area contributed by atoms with E-state index in [2.05, 4.69) is 26.2 Å². The number of amides is 1. The van der Waals surface area contributed by atoms with Gasteiger partial charge in [0.2, 0.25) is 5.92 Å². The molecule has 0 spiro atoms. The van der Waals surface area contributed by atoms with Gasteiger partial charge in [-0.1, -0.05) is 6.07 Å². The van der Waals surface area contributed by atoms with E-state index in [-0.39, 0.29) is 19.4 Å². The highest BCUT2D eigenvalue weighted by molar-refractivity contribution is 9.10. The van der Waals surface area contributed by atoms with Crippen LogP contribution in [-0.2, 0) is 9.73 Å². The van der Waals surface area contributed by atoms with Crippen molar-refractivity contribution in [2.24, 2.45) is 0 Å². The lowest BCUT2D eigenvalue weighted by molar-refractivity contribution is -0.0102. The van der Waals surface area contributed by atoms with Crippen LogP contribution in [0.1, 0.15) is 40.9 Å². The molecule has 10 heteroatoms. The van der Waals surface area contributed by atoms with Gasteiger partial charge in [0.1, 0.15) is 5.82 Å². The van der Waals surface area contributed by atoms with E-state index in [1.54, 1.807) is 36.9 Å². The van der Waals surface area contributed by atoms with Crippen molar-refractivity contribution >= 4 is 43.1 Å². The number of aromatic nitrogens is 1. The van der Waals surface area contributed by atoms with Crippen LogP contribution in [0.15, 0.2) is 33.6 Å². The summed E-state index contributed by atoms with van der Waals surface area (Å²) in [7, 11) is -2.94. The molecule has 1 amide bonds. The molecule has 2 heterocycles. The largest absolute Gasteiger partial charge is 0.356 e. The topological polar surface area (TPSA) is 86.2 Å². The second-order valence-corrected chi connectivity index (χ2v) is 10.8. The average Bonchev–Trinajstić information content (AvgIpc) is 2.85. The molecule has 2 N–H and O–H groups in total. The van der Waals surface area contributed by atoms with Crippen LogP contribution in [0.25, 0.3) is 0 Å². The quantitative estimate of drug-likeness (QED) is 0.573. The Balaban J connectivity index is 2.00. The van der Waals surface area contributed by atoms with Crippen molar-refractivity contribution in [3.05, 3.63) is 45.6 Å². The van der Waals surface area contributed by atoms with Gasteiger partial charge in [-0.05, 0) is 60.0 Å². The molecule has 1 fully saturated rings. The number of nitrogens with one attached hydrogen (secondary N) is 2. The third-order valence-corrected chi connectivity index (χ3v) is 7.63. The van der Waals surface area contributed by atoms with Crippen molar-refractivity contribution in [2.75, 3.05) is 29.6 Å². The Bertz CT molecular complexity index is 1120. The van der Waals surface area contributed by atoms with E-state index in [4.69, 9.17) is 4.78 Å². The summed E-state index contributed by atoms with van der Waals surface area (Å²) in [5, 5.41) is 2.79. The van der Waals surface area contributed by atoms with Gasteiger partial charge in [-0.15, -0.1) is 0 Å². The molecule has 3 rings (SSSR count). The number of nitrogens with zero attached hydrogens (tertiary/aromatic N) is 2. The molecule has 6 nitrogen and oxygen atoms in total. The highest BCUT2D eigenvalue weighted by Gasteiger charge is 2.33. The third-order valence-electron chi connectivity index (χ3n) is 5.31. The van der Waals surface area contributed by atoms with Crippen LogP contribution in [0.4, 0.5) is 20.3 Å². The molecule has 31 heavy (non-hydrogen) atoms. The maximum absolute atomic E-state index is 13.9. The Labute approximate surface area is 189 Å². The van der Waals surface area contributed by atoms with E-state index in [1.807, 2.05) is 0 Å². The number of aryl methyl sites for hydroxylation is 1. The number of pyridine rings is 1. The van der Waals surface area contributed by atoms with Crippen LogP contribution in [0, 0.1) is 18.6 Å². The first-order chi connectivity index (χ1) is 14.4. The molecule has 0 bridgehead atoms. The maximum Gasteiger partial charge on any atom is 0.259 e. The number of anilines is 2. The molecule has 1 aromatic heterocycles. The van der Waals surface area contributed by atoms with E-state index in [0.717, 1.165) is 0 Å². The predicted octanol–water partition coefficient (Wildman–Crippen LogP) is 5.37. The second kappa shape index (κ2) is 8.82. The van der Waals surface area contributed by atoms with E-state index in [0.29, 0.717) is 50.7 Å². The Hall–Kier alpha value is -2.07. The predicted molar refractivity (Wildman–Crippen MR) is 122 cm³/mol. The SMILES string of the molecule is Cc1nc(N2CCCC(F)(F)CC2)c(C(=O)Nc2cccc([S@](C)(=N)=O)c2)c(C)c1Br. The standard InChI is InChI=1S/C21H25BrF2N4O2S/c1-13-17(20(29)27-15-6-4-7-16(12-15)31(3,25)30)19(26-14(2)18(13)22)28-10-5-8-21(23,24)9-11-28/h4,6-7,12,25H,5,8-11H2,1-3H3,(H,27,29)/t31-/m1/s1. The lowest BCUT2D eigenvalue weighted by Gasteiger charge is -2.26. The van der Waals surface area contributed by atoms with Crippen LogP contribution in [0.2, 0.25) is 0 Å². The fraction of sp³-hybridized carbons (Fsp3) is 0.429. The van der Waals surface area contributed by atoms with E-state index >= 15 is 0 Å². The molecule has 0 unspecified atom stereocenters. The summed E-state index contributed by atoms with van der Waals surface area (Å²) in [4.78, 5) is 19.9. The monoisotopic (exact) mass is 514 g/mol. The first kappa shape index (κ1) is 23.6. The molecule has 0 aliphatic carbocycles. The number of carbonyl (C=O) groups excluding carboxylic acids is 1. The third kappa shape index (κ3) is 5.41. The zero-order valence-electron chi connectivity index (χ0n) is 17.6. The lowest BCUT2D eigenvalue weighted by Crippen LogP contribution is -2.30. The fourth-order valence-electron chi connectivity index (χ4n) is 3.60. The minimum atomic E-state index is -2.94. The molecule has 1 aliphatic heterocycles. The zero-order chi connectivity index (χ0) is 23.0. The molecule has 1 aliphatic rings. The molecule has 0 saturated carbocycles. The summed E-state index contributed by atoms with van der Waals surface area (Å²) in [5.41, 5.74) is 2.03. The lowest BCUT2D eigenvalue weighted by atomic mass is 10.1. The Kier molecular flexibility index (Phi) is 6.71. The van der Waals surface area contributed by atoms with Gasteiger partial charge in [0.25, 0.3) is 5.91 Å². The molecule has 1 saturated heterocycles. The molecule has 2 aromatic rings. The number of rotatable bonds is 4. The number of hydrogen-bond acceptors (Lipinski definition) is 5. The molecular formula is C21H25BrF2N4O2S. The first-order valence-corrected chi connectivity index (χ1v) is 12.6. The van der Waals surface area contributed by atoms with E-state index in [1.165, 1.54) is 12.3 Å².